The first kappa shape index (κ1) is 12.7. The second kappa shape index (κ2) is 5.27. The van der Waals surface area contributed by atoms with Gasteiger partial charge in [-0.05, 0) is 6.07 Å². The molecule has 0 aromatic carbocycles. The molecule has 1 aromatic rings. The minimum absolute atomic E-state index is 0.0272. The molecular weight excluding hydrogens is 265 g/mol. The van der Waals surface area contributed by atoms with Gasteiger partial charge in [0.15, 0.2) is 0 Å². The lowest BCUT2D eigenvalue weighted by Gasteiger charge is -2.35. The van der Waals surface area contributed by atoms with Crippen LogP contribution in [0.4, 0.5) is 11.6 Å². The first-order valence-electron chi connectivity index (χ1n) is 5.20. The lowest BCUT2D eigenvalue weighted by molar-refractivity contribution is 0.0723. The molecule has 1 aliphatic rings. The maximum Gasteiger partial charge on any atom is 0.150 e. The molecular formula is C10H13Cl2N3O2. The van der Waals surface area contributed by atoms with Crippen molar-refractivity contribution in [1.82, 2.24) is 4.98 Å². The number of ether oxygens (including phenoxy) is 1. The average molecular weight is 278 g/mol. The van der Waals surface area contributed by atoms with E-state index in [1.807, 2.05) is 4.90 Å². The Morgan fingerprint density at radius 1 is 1.53 bits per heavy atom. The van der Waals surface area contributed by atoms with Crippen LogP contribution in [0.15, 0.2) is 6.07 Å². The maximum absolute atomic E-state index is 9.29. The molecule has 0 aliphatic carbocycles. The van der Waals surface area contributed by atoms with E-state index in [0.717, 1.165) is 0 Å². The number of hydrogen-bond donors (Lipinski definition) is 2. The zero-order chi connectivity index (χ0) is 12.4. The lowest BCUT2D eigenvalue weighted by atomic mass is 10.2. The number of hydrogen-bond acceptors (Lipinski definition) is 5. The van der Waals surface area contributed by atoms with Crippen LogP contribution in [0.25, 0.3) is 0 Å². The van der Waals surface area contributed by atoms with Gasteiger partial charge in [0.25, 0.3) is 0 Å². The maximum atomic E-state index is 9.29. The topological polar surface area (TPSA) is 71.6 Å². The number of aliphatic hydroxyl groups is 1. The number of nitrogen functional groups attached to an aromatic ring is 1. The predicted molar refractivity (Wildman–Crippen MR) is 67.7 cm³/mol. The van der Waals surface area contributed by atoms with Gasteiger partial charge in [-0.3, -0.25) is 0 Å². The molecule has 0 radical (unpaired) electrons. The van der Waals surface area contributed by atoms with Gasteiger partial charge in [-0.25, -0.2) is 4.98 Å². The first-order valence-corrected chi connectivity index (χ1v) is 5.96. The summed E-state index contributed by atoms with van der Waals surface area (Å²) in [6.45, 7) is 1.59. The van der Waals surface area contributed by atoms with Crippen LogP contribution in [-0.4, -0.2) is 42.5 Å². The lowest BCUT2D eigenvalue weighted by Crippen LogP contribution is -2.48. The molecule has 1 saturated heterocycles. The molecule has 1 unspecified atom stereocenters. The number of aromatic nitrogens is 1. The van der Waals surface area contributed by atoms with Crippen LogP contribution in [0, 0.1) is 0 Å². The van der Waals surface area contributed by atoms with Gasteiger partial charge in [0, 0.05) is 6.54 Å². The quantitative estimate of drug-likeness (QED) is 0.849. The van der Waals surface area contributed by atoms with Gasteiger partial charge in [0.1, 0.15) is 11.6 Å². The first-order chi connectivity index (χ1) is 8.13. The summed E-state index contributed by atoms with van der Waals surface area (Å²) in [6, 6.07) is 1.40. The van der Waals surface area contributed by atoms with Crippen molar-refractivity contribution in [2.75, 3.05) is 37.0 Å². The highest BCUT2D eigenvalue weighted by Gasteiger charge is 2.25. The number of pyridine rings is 1. The highest BCUT2D eigenvalue weighted by atomic mass is 35.5. The van der Waals surface area contributed by atoms with E-state index >= 15 is 0 Å². The summed E-state index contributed by atoms with van der Waals surface area (Å²) in [7, 11) is 0. The van der Waals surface area contributed by atoms with Crippen molar-refractivity contribution in [2.24, 2.45) is 0 Å². The van der Waals surface area contributed by atoms with E-state index < -0.39 is 0 Å². The average Bonchev–Trinajstić information content (AvgIpc) is 2.34. The molecule has 1 aliphatic heterocycles. The Bertz CT molecular complexity index is 417. The summed E-state index contributed by atoms with van der Waals surface area (Å²) in [4.78, 5) is 6.05. The molecule has 5 nitrogen and oxygen atoms in total. The number of morpholine rings is 1. The Labute approximate surface area is 109 Å². The SMILES string of the molecule is Nc1nc(N2CCOCC2CO)c(Cl)cc1Cl. The van der Waals surface area contributed by atoms with E-state index in [4.69, 9.17) is 33.7 Å². The van der Waals surface area contributed by atoms with Crippen molar-refractivity contribution in [2.45, 2.75) is 6.04 Å². The van der Waals surface area contributed by atoms with E-state index in [1.165, 1.54) is 0 Å². The van der Waals surface area contributed by atoms with Gasteiger partial charge < -0.3 is 20.5 Å². The number of anilines is 2. The van der Waals surface area contributed by atoms with E-state index in [9.17, 15) is 5.11 Å². The molecule has 2 rings (SSSR count). The van der Waals surface area contributed by atoms with E-state index in [-0.39, 0.29) is 18.5 Å². The Morgan fingerprint density at radius 3 is 3.00 bits per heavy atom. The molecule has 7 heteroatoms. The van der Waals surface area contributed by atoms with Gasteiger partial charge in [-0.1, -0.05) is 23.2 Å². The van der Waals surface area contributed by atoms with Crippen LogP contribution in [0.2, 0.25) is 10.0 Å². The van der Waals surface area contributed by atoms with Gasteiger partial charge in [-0.15, -0.1) is 0 Å². The zero-order valence-electron chi connectivity index (χ0n) is 9.07. The van der Waals surface area contributed by atoms with Crippen LogP contribution >= 0.6 is 23.2 Å². The molecule has 1 atom stereocenters. The van der Waals surface area contributed by atoms with Gasteiger partial charge in [0.05, 0.1) is 35.9 Å². The van der Waals surface area contributed by atoms with Gasteiger partial charge >= 0.3 is 0 Å². The standard InChI is InChI=1S/C10H13Cl2N3O2/c11-7-3-8(12)10(14-9(7)13)15-1-2-17-5-6(15)4-16/h3,6,16H,1-2,4-5H2,(H2,13,14). The summed E-state index contributed by atoms with van der Waals surface area (Å²) < 4.78 is 5.29. The monoisotopic (exact) mass is 277 g/mol. The molecule has 94 valence electrons. The summed E-state index contributed by atoms with van der Waals surface area (Å²) >= 11 is 11.9. The third-order valence-electron chi connectivity index (χ3n) is 2.65. The predicted octanol–water partition coefficient (Wildman–Crippen LogP) is 1.17. The van der Waals surface area contributed by atoms with Crippen LogP contribution in [-0.2, 0) is 4.74 Å². The normalized spacial score (nSPS) is 20.6. The largest absolute Gasteiger partial charge is 0.394 e. The fourth-order valence-corrected chi connectivity index (χ4v) is 2.22. The van der Waals surface area contributed by atoms with Crippen molar-refractivity contribution in [3.05, 3.63) is 16.1 Å². The fourth-order valence-electron chi connectivity index (χ4n) is 1.76. The number of halogens is 2. The smallest absolute Gasteiger partial charge is 0.150 e. The molecule has 3 N–H and O–H groups in total. The molecule has 0 amide bonds. The van der Waals surface area contributed by atoms with Gasteiger partial charge in [-0.2, -0.15) is 0 Å². The number of aliphatic hydroxyl groups excluding tert-OH is 1. The van der Waals surface area contributed by atoms with Crippen LogP contribution in [0.3, 0.4) is 0 Å². The number of rotatable bonds is 2. The van der Waals surface area contributed by atoms with Crippen molar-refractivity contribution in [1.29, 1.82) is 0 Å². The van der Waals surface area contributed by atoms with E-state index in [1.54, 1.807) is 6.07 Å². The molecule has 0 spiro atoms. The Hall–Kier alpha value is -0.750. The third-order valence-corrected chi connectivity index (χ3v) is 3.23. The van der Waals surface area contributed by atoms with Crippen molar-refractivity contribution < 1.29 is 9.84 Å². The second-order valence-electron chi connectivity index (χ2n) is 3.77. The van der Waals surface area contributed by atoms with Crippen LogP contribution < -0.4 is 10.6 Å². The highest BCUT2D eigenvalue weighted by Crippen LogP contribution is 2.31. The van der Waals surface area contributed by atoms with Crippen molar-refractivity contribution in [3.8, 4) is 0 Å². The Balaban J connectivity index is 2.34. The van der Waals surface area contributed by atoms with Crippen LogP contribution in [0.1, 0.15) is 0 Å². The molecule has 17 heavy (non-hydrogen) atoms. The van der Waals surface area contributed by atoms with E-state index in [0.29, 0.717) is 35.6 Å². The highest BCUT2D eigenvalue weighted by molar-refractivity contribution is 6.37. The summed E-state index contributed by atoms with van der Waals surface area (Å²) in [5.41, 5.74) is 5.66. The molecule has 0 saturated carbocycles. The van der Waals surface area contributed by atoms with Crippen molar-refractivity contribution >= 4 is 34.8 Å². The number of nitrogens with zero attached hydrogens (tertiary/aromatic N) is 2. The fraction of sp³-hybridized carbons (Fsp3) is 0.500. The third kappa shape index (κ3) is 2.57. The molecule has 2 heterocycles. The van der Waals surface area contributed by atoms with Crippen molar-refractivity contribution in [3.63, 3.8) is 0 Å². The second-order valence-corrected chi connectivity index (χ2v) is 4.58. The van der Waals surface area contributed by atoms with E-state index in [2.05, 4.69) is 4.98 Å². The molecule has 1 fully saturated rings. The van der Waals surface area contributed by atoms with Crippen LogP contribution in [0.5, 0.6) is 0 Å². The van der Waals surface area contributed by atoms with Gasteiger partial charge in [0.2, 0.25) is 0 Å². The zero-order valence-corrected chi connectivity index (χ0v) is 10.6. The minimum Gasteiger partial charge on any atom is -0.394 e. The molecule has 1 aromatic heterocycles. The Kier molecular flexibility index (Phi) is 3.93. The summed E-state index contributed by atoms with van der Waals surface area (Å²) in [5, 5.41) is 10.0. The summed E-state index contributed by atoms with van der Waals surface area (Å²) in [6.07, 6.45) is 0. The Morgan fingerprint density at radius 2 is 2.29 bits per heavy atom. The number of nitrogens with two attached hydrogens (primary N) is 1. The summed E-state index contributed by atoms with van der Waals surface area (Å²) in [5.74, 6) is 0.769. The molecule has 0 bridgehead atoms. The minimum atomic E-state index is -0.158.